The molecule has 3 aliphatic heterocycles. The van der Waals surface area contributed by atoms with Crippen molar-refractivity contribution in [2.24, 2.45) is 24.8 Å². The number of aryl methyl sites for hydroxylation is 2. The number of carbonyl (C=O) groups excluding carboxylic acids is 4. The largest absolute Gasteiger partial charge is 0.493 e. The lowest BCUT2D eigenvalue weighted by Crippen LogP contribution is -2.39. The smallest absolute Gasteiger partial charge is 0.355 e. The van der Waals surface area contributed by atoms with Crippen molar-refractivity contribution in [3.05, 3.63) is 125 Å². The van der Waals surface area contributed by atoms with Gasteiger partial charge in [0.05, 0.1) is 40.5 Å². The molecule has 6 heterocycles. The van der Waals surface area contributed by atoms with Crippen molar-refractivity contribution in [1.29, 1.82) is 0 Å². The maximum Gasteiger partial charge on any atom is 0.355 e. The van der Waals surface area contributed by atoms with Crippen LogP contribution in [0, 0.1) is 24.7 Å². The fraction of sp³-hybridized carbons (Fsp3) is 0.345. The Kier molecular flexibility index (Phi) is 12.8. The molecule has 3 atom stereocenters. The van der Waals surface area contributed by atoms with E-state index < -0.39 is 11.9 Å². The minimum Gasteiger partial charge on any atom is -0.493 e. The van der Waals surface area contributed by atoms with Gasteiger partial charge in [0.15, 0.2) is 10.8 Å². The Hall–Kier alpha value is -7.50. The first kappa shape index (κ1) is 46.9. The molecule has 1 saturated carbocycles. The number of amides is 4. The first-order valence-electron chi connectivity index (χ1n) is 24.7. The minimum absolute atomic E-state index is 0.0320. The normalized spacial score (nSPS) is 19.2. The van der Waals surface area contributed by atoms with E-state index in [1.165, 1.54) is 11.3 Å². The molecule has 3 aromatic heterocycles. The second-order valence-electron chi connectivity index (χ2n) is 19.7. The molecule has 1 aliphatic carbocycles. The molecule has 2 unspecified atom stereocenters. The number of carbonyl (C=O) groups is 5. The molecular formula is C55H55N9O7S. The third-order valence-corrected chi connectivity index (χ3v) is 15.9. The number of thiazole rings is 1. The number of hydrogen-bond acceptors (Lipinski definition) is 12. The molecule has 368 valence electrons. The number of aromatic nitrogens is 4. The van der Waals surface area contributed by atoms with Gasteiger partial charge in [-0.3, -0.25) is 39.4 Å². The number of imide groups is 1. The predicted octanol–water partition coefficient (Wildman–Crippen LogP) is 8.34. The first-order chi connectivity index (χ1) is 34.9. The van der Waals surface area contributed by atoms with Gasteiger partial charge in [-0.1, -0.05) is 41.7 Å². The van der Waals surface area contributed by atoms with Crippen LogP contribution in [-0.2, 0) is 34.4 Å². The van der Waals surface area contributed by atoms with E-state index in [0.29, 0.717) is 90.3 Å². The maximum atomic E-state index is 13.6. The van der Waals surface area contributed by atoms with Crippen LogP contribution in [0.3, 0.4) is 0 Å². The Labute approximate surface area is 419 Å². The monoisotopic (exact) mass is 985 g/mol. The number of nitrogens with one attached hydrogen (secondary N) is 3. The lowest BCUT2D eigenvalue weighted by Gasteiger charge is -2.31. The number of aromatic carboxylic acids is 1. The van der Waals surface area contributed by atoms with Gasteiger partial charge in [0, 0.05) is 48.8 Å². The summed E-state index contributed by atoms with van der Waals surface area (Å²) in [5, 5.41) is 24.9. The highest BCUT2D eigenvalue weighted by Crippen LogP contribution is 2.45. The van der Waals surface area contributed by atoms with Crippen molar-refractivity contribution >= 4 is 78.7 Å². The number of hydrogen-bond donors (Lipinski definition) is 4. The van der Waals surface area contributed by atoms with Crippen molar-refractivity contribution in [2.75, 3.05) is 48.3 Å². The Morgan fingerprint density at radius 1 is 0.875 bits per heavy atom. The number of benzene rings is 4. The molecule has 17 heteroatoms. The molecule has 3 fully saturated rings. The minimum atomic E-state index is -1.11. The van der Waals surface area contributed by atoms with Gasteiger partial charge in [-0.05, 0) is 159 Å². The fourth-order valence-corrected chi connectivity index (χ4v) is 11.8. The van der Waals surface area contributed by atoms with Gasteiger partial charge in [0.25, 0.3) is 5.91 Å². The lowest BCUT2D eigenvalue weighted by atomic mass is 9.91. The Morgan fingerprint density at radius 3 is 2.51 bits per heavy atom. The van der Waals surface area contributed by atoms with Crippen LogP contribution < -0.4 is 25.6 Å². The van der Waals surface area contributed by atoms with Crippen molar-refractivity contribution in [3.8, 4) is 16.9 Å². The number of likely N-dealkylation sites (tertiary alicyclic amines) is 1. The van der Waals surface area contributed by atoms with E-state index in [4.69, 9.17) is 9.72 Å². The molecule has 0 radical (unpaired) electrons. The summed E-state index contributed by atoms with van der Waals surface area (Å²) in [5.74, 6) is 0.524. The number of carboxylic acid groups (broad SMARTS) is 1. The quantitative estimate of drug-likeness (QED) is 0.0761. The summed E-state index contributed by atoms with van der Waals surface area (Å²) >= 11 is 1.43. The van der Waals surface area contributed by atoms with Crippen molar-refractivity contribution in [3.63, 3.8) is 0 Å². The van der Waals surface area contributed by atoms with Crippen LogP contribution in [0.15, 0.2) is 91.0 Å². The van der Waals surface area contributed by atoms with Crippen molar-refractivity contribution in [1.82, 2.24) is 30.0 Å². The van der Waals surface area contributed by atoms with Gasteiger partial charge in [0.1, 0.15) is 11.6 Å². The van der Waals surface area contributed by atoms with E-state index in [0.717, 1.165) is 87.9 Å². The van der Waals surface area contributed by atoms with E-state index >= 15 is 0 Å². The molecule has 4 aliphatic rings. The van der Waals surface area contributed by atoms with Crippen LogP contribution >= 0.6 is 11.3 Å². The number of ether oxygens (including phenoxy) is 1. The van der Waals surface area contributed by atoms with Gasteiger partial charge >= 0.3 is 5.97 Å². The third-order valence-electron chi connectivity index (χ3n) is 14.9. The predicted molar refractivity (Wildman–Crippen MR) is 275 cm³/mol. The number of piperidine rings is 2. The van der Waals surface area contributed by atoms with E-state index in [9.17, 15) is 29.1 Å². The molecule has 16 nitrogen and oxygen atoms in total. The molecule has 4 amide bonds. The topological polar surface area (TPSA) is 201 Å². The summed E-state index contributed by atoms with van der Waals surface area (Å²) in [6, 6.07) is 28.6. The number of para-hydroxylation sites is 1. The lowest BCUT2D eigenvalue weighted by molar-refractivity contribution is -0.134. The molecule has 2 saturated heterocycles. The van der Waals surface area contributed by atoms with Crippen LogP contribution in [-0.4, -0.2) is 92.1 Å². The maximum absolute atomic E-state index is 13.6. The van der Waals surface area contributed by atoms with Gasteiger partial charge < -0.3 is 20.1 Å². The number of rotatable bonds is 14. The molecule has 11 rings (SSSR count). The van der Waals surface area contributed by atoms with Crippen LogP contribution in [0.4, 0.5) is 16.6 Å². The molecule has 4 N–H and O–H groups in total. The SMILES string of the molecule is Cc1cc(OC[C@H]2CC2CC2CCN(CC(=O)Nc3ccc4c(C5CCC(=O)NC5=O)nn(C)c4c3)CC2)ccc1-c1ccc(N2CCc3cccc(C(=O)Nc4nc5ccccc5s4)c3C2)nc1C(=O)O. The number of anilines is 3. The first-order valence-corrected chi connectivity index (χ1v) is 25.6. The average Bonchev–Trinajstić information content (AvgIpc) is 3.85. The van der Waals surface area contributed by atoms with Crippen LogP contribution in [0.2, 0.25) is 0 Å². The number of fused-ring (bicyclic) bond motifs is 3. The van der Waals surface area contributed by atoms with Gasteiger partial charge in [0.2, 0.25) is 17.7 Å². The Balaban J connectivity index is 0.647. The van der Waals surface area contributed by atoms with E-state index in [1.54, 1.807) is 4.68 Å². The fourth-order valence-electron chi connectivity index (χ4n) is 10.9. The van der Waals surface area contributed by atoms with Crippen LogP contribution in [0.1, 0.15) is 87.7 Å². The highest BCUT2D eigenvalue weighted by molar-refractivity contribution is 7.22. The summed E-state index contributed by atoms with van der Waals surface area (Å²) in [5.41, 5.74) is 7.65. The zero-order valence-corrected chi connectivity index (χ0v) is 41.0. The van der Waals surface area contributed by atoms with Gasteiger partial charge in [-0.15, -0.1) is 0 Å². The van der Waals surface area contributed by atoms with Crippen LogP contribution in [0.25, 0.3) is 32.2 Å². The summed E-state index contributed by atoms with van der Waals surface area (Å²) in [6.45, 7) is 5.69. The molecule has 72 heavy (non-hydrogen) atoms. The Morgan fingerprint density at radius 2 is 1.71 bits per heavy atom. The highest BCUT2D eigenvalue weighted by Gasteiger charge is 2.40. The summed E-state index contributed by atoms with van der Waals surface area (Å²) < 4.78 is 9.03. The molecule has 0 spiro atoms. The van der Waals surface area contributed by atoms with Crippen LogP contribution in [0.5, 0.6) is 5.75 Å². The average molecular weight is 986 g/mol. The molecule has 7 aromatic rings. The van der Waals surface area contributed by atoms with E-state index in [-0.39, 0.29) is 35.7 Å². The standard InChI is InChI=1S/C55H55N9O7S/c1-31-24-37(71-30-35-26-34(35)25-32-18-21-63(22-19-32)29-49(66)56-36-10-12-41-45(27-36)62(2)61-50(41)42-15-17-48(65)59-53(42)68)11-13-38(31)39-14-16-47(58-51(39)54(69)70)64-23-20-33-6-5-7-40(43(33)28-64)52(67)60-55-57-44-8-3-4-9-46(44)72-55/h3-14,16,24,27,32,34-35,42H,15,17-23,25-26,28-30H2,1-2H3,(H,56,66)(H,69,70)(H,57,60,67)(H,59,65,68)/t34?,35-,42?/m1/s1. The van der Waals surface area contributed by atoms with Crippen molar-refractivity contribution < 1.29 is 33.8 Å². The summed E-state index contributed by atoms with van der Waals surface area (Å²) in [7, 11) is 1.81. The number of carboxylic acids is 1. The van der Waals surface area contributed by atoms with Gasteiger partial charge in [-0.25, -0.2) is 14.8 Å². The number of nitrogens with zero attached hydrogens (tertiary/aromatic N) is 6. The summed E-state index contributed by atoms with van der Waals surface area (Å²) in [6.07, 6.45) is 5.78. The zero-order valence-electron chi connectivity index (χ0n) is 40.2. The Bertz CT molecular complexity index is 3270. The third kappa shape index (κ3) is 9.78. The summed E-state index contributed by atoms with van der Waals surface area (Å²) in [4.78, 5) is 77.3. The number of pyridine rings is 1. The van der Waals surface area contributed by atoms with E-state index in [2.05, 4.69) is 30.9 Å². The second kappa shape index (κ2) is 19.6. The molecular weight excluding hydrogens is 931 g/mol. The zero-order chi connectivity index (χ0) is 49.6. The molecule has 0 bridgehead atoms. The van der Waals surface area contributed by atoms with Crippen molar-refractivity contribution in [2.45, 2.75) is 64.3 Å². The molecule has 4 aromatic carbocycles. The van der Waals surface area contributed by atoms with E-state index in [1.807, 2.05) is 110 Å². The second-order valence-corrected chi connectivity index (χ2v) is 20.7. The highest BCUT2D eigenvalue weighted by atomic mass is 32.1. The van der Waals surface area contributed by atoms with Gasteiger partial charge in [-0.2, -0.15) is 5.10 Å².